The molecular formula is C16H19NO6. The molecule has 124 valence electrons. The summed E-state index contributed by atoms with van der Waals surface area (Å²) in [7, 11) is 1.25. The van der Waals surface area contributed by atoms with E-state index < -0.39 is 30.2 Å². The number of amides is 1. The van der Waals surface area contributed by atoms with Crippen LogP contribution in [0.15, 0.2) is 30.3 Å². The Morgan fingerprint density at radius 1 is 1.30 bits per heavy atom. The molecule has 0 unspecified atom stereocenters. The first-order chi connectivity index (χ1) is 11.0. The number of benzene rings is 1. The minimum absolute atomic E-state index is 0.0681. The number of aliphatic carboxylic acids is 1. The molecule has 0 aliphatic carbocycles. The summed E-state index contributed by atoms with van der Waals surface area (Å²) in [6, 6.07) is 8.19. The monoisotopic (exact) mass is 321 g/mol. The smallest absolute Gasteiger partial charge is 0.411 e. The maximum absolute atomic E-state index is 12.2. The highest BCUT2D eigenvalue weighted by Gasteiger charge is 2.37. The van der Waals surface area contributed by atoms with E-state index in [0.717, 1.165) is 5.56 Å². The molecule has 1 saturated heterocycles. The second-order valence-electron chi connectivity index (χ2n) is 5.27. The normalized spacial score (nSPS) is 18.3. The average Bonchev–Trinajstić information content (AvgIpc) is 3.04. The predicted octanol–water partition coefficient (Wildman–Crippen LogP) is 1.46. The summed E-state index contributed by atoms with van der Waals surface area (Å²) in [5, 5.41) is 9.26. The molecule has 0 radical (unpaired) electrons. The molecule has 1 aromatic carbocycles. The van der Waals surface area contributed by atoms with Crippen LogP contribution in [-0.2, 0) is 25.5 Å². The Balaban J connectivity index is 2.03. The zero-order chi connectivity index (χ0) is 16.8. The van der Waals surface area contributed by atoms with E-state index in [1.54, 1.807) is 24.3 Å². The number of nitrogens with zero attached hydrogens (tertiary/aromatic N) is 1. The number of carboxylic acids is 1. The van der Waals surface area contributed by atoms with E-state index >= 15 is 0 Å². The molecule has 1 heterocycles. The van der Waals surface area contributed by atoms with Gasteiger partial charge in [0, 0.05) is 13.0 Å². The van der Waals surface area contributed by atoms with Gasteiger partial charge >= 0.3 is 18.0 Å². The minimum atomic E-state index is -1.30. The molecule has 23 heavy (non-hydrogen) atoms. The van der Waals surface area contributed by atoms with Gasteiger partial charge in [0.15, 0.2) is 0 Å². The molecule has 1 aliphatic heterocycles. The maximum Gasteiger partial charge on any atom is 0.411 e. The summed E-state index contributed by atoms with van der Waals surface area (Å²) < 4.78 is 9.76. The number of ether oxygens (including phenoxy) is 2. The molecule has 7 heteroatoms. The highest BCUT2D eigenvalue weighted by Crippen LogP contribution is 2.20. The summed E-state index contributed by atoms with van der Waals surface area (Å²) in [6.07, 6.45) is -0.910. The summed E-state index contributed by atoms with van der Waals surface area (Å²) >= 11 is 0. The summed E-state index contributed by atoms with van der Waals surface area (Å²) in [6.45, 7) is 0.344. The van der Waals surface area contributed by atoms with Gasteiger partial charge in [-0.05, 0) is 18.4 Å². The fourth-order valence-corrected chi connectivity index (χ4v) is 2.56. The van der Waals surface area contributed by atoms with Gasteiger partial charge in [0.2, 0.25) is 6.10 Å². The van der Waals surface area contributed by atoms with E-state index in [1.807, 2.05) is 6.07 Å². The zero-order valence-corrected chi connectivity index (χ0v) is 12.8. The van der Waals surface area contributed by atoms with E-state index in [0.29, 0.717) is 19.4 Å². The van der Waals surface area contributed by atoms with Crippen molar-refractivity contribution in [3.63, 3.8) is 0 Å². The maximum atomic E-state index is 12.2. The Bertz CT molecular complexity index is 573. The van der Waals surface area contributed by atoms with Gasteiger partial charge in [0.1, 0.15) is 6.04 Å². The number of carboxylic acid groups (broad SMARTS) is 1. The Kier molecular flexibility index (Phi) is 5.56. The van der Waals surface area contributed by atoms with Crippen LogP contribution >= 0.6 is 0 Å². The van der Waals surface area contributed by atoms with Gasteiger partial charge in [-0.25, -0.2) is 14.4 Å². The van der Waals surface area contributed by atoms with Crippen molar-refractivity contribution in [2.24, 2.45) is 0 Å². The van der Waals surface area contributed by atoms with Crippen molar-refractivity contribution in [3.8, 4) is 0 Å². The second kappa shape index (κ2) is 7.62. The quantitative estimate of drug-likeness (QED) is 0.825. The van der Waals surface area contributed by atoms with Crippen LogP contribution in [0.2, 0.25) is 0 Å². The topological polar surface area (TPSA) is 93.1 Å². The van der Waals surface area contributed by atoms with Crippen molar-refractivity contribution in [2.75, 3.05) is 13.7 Å². The molecule has 1 aromatic rings. The molecule has 0 saturated carbocycles. The molecule has 0 aromatic heterocycles. The van der Waals surface area contributed by atoms with Crippen molar-refractivity contribution < 1.29 is 29.0 Å². The largest absolute Gasteiger partial charge is 0.478 e. The van der Waals surface area contributed by atoms with E-state index in [4.69, 9.17) is 4.74 Å². The molecule has 0 bridgehead atoms. The highest BCUT2D eigenvalue weighted by atomic mass is 16.6. The van der Waals surface area contributed by atoms with Gasteiger partial charge < -0.3 is 14.6 Å². The summed E-state index contributed by atoms with van der Waals surface area (Å²) in [4.78, 5) is 36.4. The fourth-order valence-electron chi connectivity index (χ4n) is 2.56. The van der Waals surface area contributed by atoms with E-state index in [-0.39, 0.29) is 6.42 Å². The van der Waals surface area contributed by atoms with Crippen LogP contribution in [0.3, 0.4) is 0 Å². The molecule has 7 nitrogen and oxygen atoms in total. The third kappa shape index (κ3) is 4.21. The Labute approximate surface area is 133 Å². The minimum Gasteiger partial charge on any atom is -0.478 e. The van der Waals surface area contributed by atoms with Crippen LogP contribution in [0.25, 0.3) is 0 Å². The molecule has 1 fully saturated rings. The van der Waals surface area contributed by atoms with Crippen molar-refractivity contribution in [2.45, 2.75) is 31.4 Å². The molecular weight excluding hydrogens is 302 g/mol. The van der Waals surface area contributed by atoms with Crippen molar-refractivity contribution >= 4 is 18.0 Å². The third-order valence-electron chi connectivity index (χ3n) is 3.74. The predicted molar refractivity (Wildman–Crippen MR) is 79.8 cm³/mol. The van der Waals surface area contributed by atoms with Gasteiger partial charge in [-0.1, -0.05) is 30.3 Å². The number of hydrogen-bond donors (Lipinski definition) is 1. The van der Waals surface area contributed by atoms with Gasteiger partial charge in [-0.3, -0.25) is 4.90 Å². The lowest BCUT2D eigenvalue weighted by molar-refractivity contribution is -0.148. The fraction of sp³-hybridized carbons (Fsp3) is 0.438. The number of hydrogen-bond acceptors (Lipinski definition) is 5. The number of methoxy groups -OCH3 is 1. The highest BCUT2D eigenvalue weighted by molar-refractivity contribution is 5.83. The van der Waals surface area contributed by atoms with Crippen molar-refractivity contribution in [1.29, 1.82) is 0 Å². The first kappa shape index (κ1) is 16.8. The molecule has 1 aliphatic rings. The van der Waals surface area contributed by atoms with Crippen LogP contribution in [0.4, 0.5) is 4.79 Å². The number of carbonyl (C=O) groups is 3. The second-order valence-corrected chi connectivity index (χ2v) is 5.27. The SMILES string of the molecule is COC(=O)[C@@H]1CCCN1C(=O)O[C@@H](Cc1ccccc1)C(=O)O. The van der Waals surface area contributed by atoms with Crippen molar-refractivity contribution in [1.82, 2.24) is 4.90 Å². The van der Waals surface area contributed by atoms with E-state index in [1.165, 1.54) is 12.0 Å². The third-order valence-corrected chi connectivity index (χ3v) is 3.74. The van der Waals surface area contributed by atoms with Gasteiger partial charge in [0.25, 0.3) is 0 Å². The average molecular weight is 321 g/mol. The van der Waals surface area contributed by atoms with Crippen LogP contribution in [0.1, 0.15) is 18.4 Å². The Hall–Kier alpha value is -2.57. The van der Waals surface area contributed by atoms with Crippen LogP contribution < -0.4 is 0 Å². The molecule has 2 atom stereocenters. The van der Waals surface area contributed by atoms with Gasteiger partial charge in [-0.15, -0.1) is 0 Å². The number of esters is 1. The van der Waals surface area contributed by atoms with Crippen LogP contribution in [0, 0.1) is 0 Å². The number of rotatable bonds is 5. The van der Waals surface area contributed by atoms with Crippen LogP contribution in [0.5, 0.6) is 0 Å². The van der Waals surface area contributed by atoms with Gasteiger partial charge in [0.05, 0.1) is 7.11 Å². The molecule has 1 amide bonds. The molecule has 2 rings (SSSR count). The zero-order valence-electron chi connectivity index (χ0n) is 12.8. The van der Waals surface area contributed by atoms with Crippen molar-refractivity contribution in [3.05, 3.63) is 35.9 Å². The number of likely N-dealkylation sites (tertiary alicyclic amines) is 1. The lowest BCUT2D eigenvalue weighted by Gasteiger charge is -2.24. The van der Waals surface area contributed by atoms with E-state index in [2.05, 4.69) is 4.74 Å². The lowest BCUT2D eigenvalue weighted by atomic mass is 10.1. The first-order valence-electron chi connectivity index (χ1n) is 7.34. The summed E-state index contributed by atoms with van der Waals surface area (Å²) in [5.41, 5.74) is 0.749. The van der Waals surface area contributed by atoms with Gasteiger partial charge in [-0.2, -0.15) is 0 Å². The first-order valence-corrected chi connectivity index (χ1v) is 7.34. The summed E-state index contributed by atoms with van der Waals surface area (Å²) in [5.74, 6) is -1.74. The Morgan fingerprint density at radius 3 is 2.61 bits per heavy atom. The van der Waals surface area contributed by atoms with Crippen LogP contribution in [-0.4, -0.2) is 53.8 Å². The number of carbonyl (C=O) groups excluding carboxylic acids is 2. The lowest BCUT2D eigenvalue weighted by Crippen LogP contribution is -2.44. The molecule has 1 N–H and O–H groups in total. The van der Waals surface area contributed by atoms with E-state index in [9.17, 15) is 19.5 Å². The Morgan fingerprint density at radius 2 is 2.00 bits per heavy atom. The standard InChI is InChI=1S/C16H19NO6/c1-22-15(20)12-8-5-9-17(12)16(21)23-13(14(18)19)10-11-6-3-2-4-7-11/h2-4,6-7,12-13H,5,8-10H2,1H3,(H,18,19)/t12-,13-/m0/s1. The molecule has 0 spiro atoms.